The van der Waals surface area contributed by atoms with Crippen molar-refractivity contribution < 1.29 is 94.6 Å². The van der Waals surface area contributed by atoms with E-state index in [-0.39, 0.29) is 23.5 Å². The van der Waals surface area contributed by atoms with E-state index in [1.54, 1.807) is 0 Å². The van der Waals surface area contributed by atoms with Gasteiger partial charge in [-0.3, -0.25) is 37.7 Å². The maximum absolute atomic E-state index is 13.0. The van der Waals surface area contributed by atoms with Crippen molar-refractivity contribution in [2.24, 2.45) is 40.9 Å². The molecule has 7 aromatic carbocycles. The number of carbonyl (C=O) groups excluding carboxylic acids is 1. The lowest BCUT2D eigenvalue weighted by molar-refractivity contribution is -0.385. The molecular formula is C42H28N12O22S5. The van der Waals surface area contributed by atoms with Crippen molar-refractivity contribution in [3.8, 4) is 28.9 Å². The van der Waals surface area contributed by atoms with Gasteiger partial charge in [-0.1, -0.05) is 6.07 Å². The molecule has 0 aliphatic heterocycles. The highest BCUT2D eigenvalue weighted by molar-refractivity contribution is 7.87. The van der Waals surface area contributed by atoms with Gasteiger partial charge < -0.3 is 25.8 Å². The number of benzene rings is 7. The lowest BCUT2D eigenvalue weighted by Gasteiger charge is -2.13. The monoisotopic (exact) mass is 1210 g/mol. The zero-order chi connectivity index (χ0) is 59.3. The van der Waals surface area contributed by atoms with E-state index >= 15 is 0 Å². The third kappa shape index (κ3) is 11.9. The number of fused-ring (bicyclic) bond motifs is 2. The molecule has 418 valence electrons. The molecule has 0 atom stereocenters. The predicted octanol–water partition coefficient (Wildman–Crippen LogP) is 8.22. The van der Waals surface area contributed by atoms with Crippen LogP contribution in [0.3, 0.4) is 0 Å². The summed E-state index contributed by atoms with van der Waals surface area (Å²) in [6.45, 7) is -0.0403. The number of nitro benzene ring substituents is 1. The Bertz CT molecular complexity index is 4730. The quantitative estimate of drug-likeness (QED) is 0.0103. The standard InChI is InChI=1S/C42H28N12O22S5/c43-35-30(17-31(78(64,65)66)25-11-13-28(39(57)34(25)35)47-46-27-12-7-22(54(59)60)15-32(27)79(67,68)69)49-48-29-14-10-24-26(40(29)81(73,74)75)16-33(80(70,71)72)36(38(24)56)50-44-19-1-3-20(4-2-19)45-51-37-41(76-18-55)52-53(42(37)58)21-5-8-23(9-6-21)77(61,62)63/h1-18,56-58H,43H2,(H,61,62,63)(H,64,65,66)(H,67,68,69)(H,70,71,72)(H,73,74,75). The van der Waals surface area contributed by atoms with Gasteiger partial charge in [0.05, 0.1) is 38.0 Å². The SMILES string of the molecule is Nc1c(N=Nc2ccc3c(O)c(N=Nc4ccc(N=Nc5c(OC=O)nn(-c6ccc(S(=O)(=O)O)cc6)c5O)cc4)c(S(=O)(=O)O)cc3c2S(=O)(=O)O)cc(S(=O)(=O)O)c2ccc(N=Nc3ccc([N+](=O)[O-])cc3S(=O)(=O)O)c(O)c12. The van der Waals surface area contributed by atoms with Crippen molar-refractivity contribution in [1.82, 2.24) is 9.78 Å². The molecule has 0 saturated carbocycles. The summed E-state index contributed by atoms with van der Waals surface area (Å²) in [6, 6.07) is 15.8. The molecule has 0 aliphatic rings. The fourth-order valence-electron chi connectivity index (χ4n) is 7.32. The zero-order valence-electron chi connectivity index (χ0n) is 39.2. The summed E-state index contributed by atoms with van der Waals surface area (Å²) in [5, 5.41) is 76.2. The predicted molar refractivity (Wildman–Crippen MR) is 273 cm³/mol. The second-order valence-electron chi connectivity index (χ2n) is 15.9. The van der Waals surface area contributed by atoms with Crippen molar-refractivity contribution in [1.29, 1.82) is 0 Å². The van der Waals surface area contributed by atoms with E-state index in [1.165, 1.54) is 24.3 Å². The highest BCUT2D eigenvalue weighted by Gasteiger charge is 2.30. The Hall–Kier alpha value is -9.71. The molecule has 0 amide bonds. The number of nitrogen functional groups attached to an aromatic ring is 1. The lowest BCUT2D eigenvalue weighted by Crippen LogP contribution is -2.03. The minimum atomic E-state index is -5.60. The van der Waals surface area contributed by atoms with E-state index < -0.39 is 170 Å². The second kappa shape index (κ2) is 21.2. The van der Waals surface area contributed by atoms with Crippen molar-refractivity contribution in [3.63, 3.8) is 0 Å². The summed E-state index contributed by atoms with van der Waals surface area (Å²) in [7, 11) is -26.1. The molecular weight excluding hydrogens is 1180 g/mol. The van der Waals surface area contributed by atoms with Crippen LogP contribution in [0.5, 0.6) is 23.3 Å². The summed E-state index contributed by atoms with van der Waals surface area (Å²) in [5.41, 5.74) is 0.332. The number of ether oxygens (including phenoxy) is 1. The minimum Gasteiger partial charge on any atom is -0.505 e. The van der Waals surface area contributed by atoms with Crippen LogP contribution in [-0.4, -0.2) is 101 Å². The number of nitrogens with zero attached hydrogens (tertiary/aromatic N) is 11. The maximum Gasteiger partial charge on any atom is 0.299 e. The highest BCUT2D eigenvalue weighted by atomic mass is 32.2. The lowest BCUT2D eigenvalue weighted by atomic mass is 10.1. The summed E-state index contributed by atoms with van der Waals surface area (Å²) >= 11 is 0. The molecule has 10 N–H and O–H groups in total. The molecule has 8 rings (SSSR count). The first-order valence-corrected chi connectivity index (χ1v) is 28.3. The van der Waals surface area contributed by atoms with Crippen LogP contribution in [0.15, 0.2) is 169 Å². The molecule has 1 heterocycles. The number of phenols is 2. The molecule has 1 aromatic heterocycles. The second-order valence-corrected chi connectivity index (χ2v) is 22.9. The highest BCUT2D eigenvalue weighted by Crippen LogP contribution is 2.48. The van der Waals surface area contributed by atoms with E-state index in [9.17, 15) is 95.1 Å². The molecule has 0 unspecified atom stereocenters. The number of aromatic hydroxyl groups is 3. The van der Waals surface area contributed by atoms with Gasteiger partial charge in [0.15, 0.2) is 11.5 Å². The smallest absolute Gasteiger partial charge is 0.299 e. The van der Waals surface area contributed by atoms with Crippen LogP contribution in [0.2, 0.25) is 0 Å². The number of rotatable bonds is 17. The Kier molecular flexibility index (Phi) is 15.0. The van der Waals surface area contributed by atoms with Gasteiger partial charge in [0.1, 0.15) is 48.0 Å². The summed E-state index contributed by atoms with van der Waals surface area (Å²) in [5.74, 6) is -3.48. The Balaban J connectivity index is 1.14. The van der Waals surface area contributed by atoms with Crippen LogP contribution < -0.4 is 10.5 Å². The molecule has 8 aromatic rings. The average Bonchev–Trinajstić information content (AvgIpc) is 3.69. The van der Waals surface area contributed by atoms with Gasteiger partial charge in [-0.2, -0.15) is 57.0 Å². The number of aromatic nitrogens is 2. The van der Waals surface area contributed by atoms with Gasteiger partial charge in [-0.05, 0) is 84.9 Å². The first-order valence-electron chi connectivity index (χ1n) is 21.1. The third-order valence-corrected chi connectivity index (χ3v) is 15.4. The molecule has 0 radical (unpaired) electrons. The number of non-ortho nitro benzene ring substituents is 1. The Labute approximate surface area is 451 Å². The van der Waals surface area contributed by atoms with Crippen molar-refractivity contribution in [2.45, 2.75) is 24.5 Å². The molecule has 0 bridgehead atoms. The average molecular weight is 1210 g/mol. The fourth-order valence-corrected chi connectivity index (χ4v) is 10.6. The first kappa shape index (κ1) is 57.5. The van der Waals surface area contributed by atoms with E-state index in [0.717, 1.165) is 65.3 Å². The van der Waals surface area contributed by atoms with Crippen LogP contribution >= 0.6 is 0 Å². The first-order chi connectivity index (χ1) is 37.8. The van der Waals surface area contributed by atoms with Gasteiger partial charge in [0.2, 0.25) is 11.6 Å². The van der Waals surface area contributed by atoms with Crippen LogP contribution in [0.25, 0.3) is 27.2 Å². The molecule has 0 spiro atoms. The molecule has 0 aliphatic carbocycles. The van der Waals surface area contributed by atoms with Gasteiger partial charge in [0.25, 0.3) is 68.6 Å². The molecule has 81 heavy (non-hydrogen) atoms. The summed E-state index contributed by atoms with van der Waals surface area (Å²) < 4.78 is 179. The normalized spacial score (nSPS) is 12.9. The van der Waals surface area contributed by atoms with E-state index in [2.05, 4.69) is 46.0 Å². The maximum atomic E-state index is 13.0. The minimum absolute atomic E-state index is 0.0187. The number of hydrogen-bond acceptors (Lipinski definition) is 27. The van der Waals surface area contributed by atoms with Gasteiger partial charge in [-0.25, -0.2) is 0 Å². The van der Waals surface area contributed by atoms with E-state index in [4.69, 9.17) is 10.5 Å². The number of carbonyl (C=O) groups is 1. The van der Waals surface area contributed by atoms with Crippen LogP contribution in [-0.2, 0) is 55.4 Å². The fraction of sp³-hybridized carbons (Fsp3) is 0. The zero-order valence-corrected chi connectivity index (χ0v) is 43.3. The number of azo groups is 4. The number of anilines is 1. The van der Waals surface area contributed by atoms with Crippen molar-refractivity contribution in [2.75, 3.05) is 5.73 Å². The third-order valence-electron chi connectivity index (χ3n) is 10.9. The van der Waals surface area contributed by atoms with Gasteiger partial charge in [-0.15, -0.1) is 35.8 Å². The molecule has 0 fully saturated rings. The van der Waals surface area contributed by atoms with E-state index in [0.29, 0.717) is 18.2 Å². The van der Waals surface area contributed by atoms with Crippen LogP contribution in [0.4, 0.5) is 56.9 Å². The van der Waals surface area contributed by atoms with Crippen molar-refractivity contribution in [3.05, 3.63) is 113 Å². The van der Waals surface area contributed by atoms with Gasteiger partial charge >= 0.3 is 0 Å². The Morgan fingerprint density at radius 1 is 0.531 bits per heavy atom. The Morgan fingerprint density at radius 3 is 1.62 bits per heavy atom. The molecule has 34 nitrogen and oxygen atoms in total. The number of hydrogen-bond donors (Lipinski definition) is 9. The Morgan fingerprint density at radius 2 is 1.06 bits per heavy atom. The van der Waals surface area contributed by atoms with E-state index in [1.807, 2.05) is 0 Å². The molecule has 39 heteroatoms. The number of phenolic OH excluding ortho intramolecular Hbond substituents is 2. The number of nitro groups is 1. The van der Waals surface area contributed by atoms with Crippen LogP contribution in [0, 0.1) is 10.1 Å². The topological polar surface area (TPSA) is 545 Å². The molecule has 0 saturated heterocycles. The van der Waals surface area contributed by atoms with Crippen LogP contribution in [0.1, 0.15) is 0 Å². The van der Waals surface area contributed by atoms with Crippen molar-refractivity contribution >= 4 is 135 Å². The van der Waals surface area contributed by atoms with Gasteiger partial charge in [0, 0.05) is 28.3 Å². The summed E-state index contributed by atoms with van der Waals surface area (Å²) in [4.78, 5) is 16.2. The number of nitrogens with two attached hydrogens (primary N) is 1. The largest absolute Gasteiger partial charge is 0.505 e. The summed E-state index contributed by atoms with van der Waals surface area (Å²) in [6.07, 6.45) is 0.